The molecule has 3 aromatic heterocycles. The molecule has 4 heterocycles. The first-order valence-electron chi connectivity index (χ1n) is 8.51. The van der Waals surface area contributed by atoms with Crippen molar-refractivity contribution >= 4 is 5.78 Å². The maximum atomic E-state index is 6.05. The minimum absolute atomic E-state index is 0.0734. The lowest BCUT2D eigenvalue weighted by Gasteiger charge is -2.39. The fourth-order valence-electron chi connectivity index (χ4n) is 3.43. The molecular formula is C17H23N7O. The zero-order valence-corrected chi connectivity index (χ0v) is 14.5. The molecule has 1 fully saturated rings. The van der Waals surface area contributed by atoms with Crippen LogP contribution in [0.1, 0.15) is 17.4 Å². The molecule has 3 aromatic rings. The van der Waals surface area contributed by atoms with Crippen molar-refractivity contribution in [2.45, 2.75) is 18.7 Å². The molecule has 2 atom stereocenters. The van der Waals surface area contributed by atoms with E-state index in [4.69, 9.17) is 4.74 Å². The van der Waals surface area contributed by atoms with Gasteiger partial charge in [0.2, 0.25) is 5.78 Å². The Labute approximate surface area is 146 Å². The molecule has 1 saturated heterocycles. The lowest BCUT2D eigenvalue weighted by molar-refractivity contribution is -0.0639. The van der Waals surface area contributed by atoms with Gasteiger partial charge in [0.1, 0.15) is 0 Å². The van der Waals surface area contributed by atoms with Gasteiger partial charge in [-0.05, 0) is 19.2 Å². The average molecular weight is 341 g/mol. The molecule has 1 N–H and O–H groups in total. The predicted molar refractivity (Wildman–Crippen MR) is 93.0 cm³/mol. The van der Waals surface area contributed by atoms with E-state index in [1.807, 2.05) is 40.8 Å². The van der Waals surface area contributed by atoms with Crippen LogP contribution in [0.3, 0.4) is 0 Å². The number of aromatic nitrogens is 5. The third-order valence-corrected chi connectivity index (χ3v) is 4.70. The van der Waals surface area contributed by atoms with Crippen molar-refractivity contribution < 1.29 is 4.74 Å². The van der Waals surface area contributed by atoms with Gasteiger partial charge in [0.15, 0.2) is 0 Å². The summed E-state index contributed by atoms with van der Waals surface area (Å²) in [4.78, 5) is 11.1. The summed E-state index contributed by atoms with van der Waals surface area (Å²) in [6, 6.07) is 4.16. The van der Waals surface area contributed by atoms with E-state index in [1.54, 1.807) is 6.20 Å². The molecule has 132 valence electrons. The molecular weight excluding hydrogens is 318 g/mol. The quantitative estimate of drug-likeness (QED) is 0.734. The van der Waals surface area contributed by atoms with E-state index in [-0.39, 0.29) is 12.1 Å². The van der Waals surface area contributed by atoms with Crippen LogP contribution < -0.4 is 5.32 Å². The van der Waals surface area contributed by atoms with E-state index in [2.05, 4.69) is 38.4 Å². The van der Waals surface area contributed by atoms with Crippen molar-refractivity contribution in [3.05, 3.63) is 48.3 Å². The first-order valence-corrected chi connectivity index (χ1v) is 8.51. The number of morpholine rings is 1. The van der Waals surface area contributed by atoms with Gasteiger partial charge in [-0.3, -0.25) is 14.0 Å². The number of imidazole rings is 1. The molecule has 0 aliphatic carbocycles. The number of likely N-dealkylation sites (N-methyl/N-ethyl adjacent to an activating group) is 1. The highest BCUT2D eigenvalue weighted by Crippen LogP contribution is 2.27. The molecule has 0 saturated carbocycles. The summed E-state index contributed by atoms with van der Waals surface area (Å²) in [6.07, 6.45) is 7.62. The van der Waals surface area contributed by atoms with Crippen LogP contribution in [0, 0.1) is 0 Å². The van der Waals surface area contributed by atoms with Crippen LogP contribution in [0.15, 0.2) is 36.9 Å². The minimum atomic E-state index is 0.0734. The van der Waals surface area contributed by atoms with Gasteiger partial charge >= 0.3 is 0 Å². The zero-order valence-electron chi connectivity index (χ0n) is 14.5. The Kier molecular flexibility index (Phi) is 4.48. The summed E-state index contributed by atoms with van der Waals surface area (Å²) in [7, 11) is 4.12. The SMILES string of the molecule is CN1CCO[C@@H](CNCc2cn3cccnc3n2)[C@@H]1c1ccnn1C. The Morgan fingerprint density at radius 1 is 1.32 bits per heavy atom. The van der Waals surface area contributed by atoms with E-state index in [0.717, 1.165) is 31.2 Å². The van der Waals surface area contributed by atoms with Gasteiger partial charge in [0, 0.05) is 51.5 Å². The molecule has 1 aliphatic rings. The Bertz CT molecular complexity index is 809. The standard InChI is InChI=1S/C17H23N7O/c1-22-8-9-25-15(16(22)14-4-6-20-23(14)2)11-18-10-13-12-24-7-3-5-19-17(24)21-13/h3-7,12,15-16,18H,8-11H2,1-2H3/t15-,16-/m0/s1. The number of aryl methyl sites for hydroxylation is 1. The fraction of sp³-hybridized carbons (Fsp3) is 0.471. The van der Waals surface area contributed by atoms with Crippen LogP contribution in [0.2, 0.25) is 0 Å². The number of fused-ring (bicyclic) bond motifs is 1. The van der Waals surface area contributed by atoms with Gasteiger partial charge in [0.05, 0.1) is 30.1 Å². The Hall–Kier alpha value is -2.29. The third kappa shape index (κ3) is 3.28. The molecule has 8 nitrogen and oxygen atoms in total. The molecule has 0 spiro atoms. The van der Waals surface area contributed by atoms with E-state index >= 15 is 0 Å². The lowest BCUT2D eigenvalue weighted by atomic mass is 10.0. The van der Waals surface area contributed by atoms with Crippen LogP contribution in [-0.2, 0) is 18.3 Å². The van der Waals surface area contributed by atoms with Crippen LogP contribution in [-0.4, -0.2) is 61.9 Å². The number of rotatable bonds is 5. The molecule has 1 aliphatic heterocycles. The normalized spacial score (nSPS) is 21.8. The number of hydrogen-bond donors (Lipinski definition) is 1. The summed E-state index contributed by atoms with van der Waals surface area (Å²) in [5.41, 5.74) is 2.14. The molecule has 8 heteroatoms. The molecule has 0 unspecified atom stereocenters. The Morgan fingerprint density at radius 2 is 2.24 bits per heavy atom. The number of hydrogen-bond acceptors (Lipinski definition) is 6. The highest BCUT2D eigenvalue weighted by Gasteiger charge is 2.33. The number of nitrogens with zero attached hydrogens (tertiary/aromatic N) is 6. The zero-order chi connectivity index (χ0) is 17.2. The molecule has 0 bridgehead atoms. The Morgan fingerprint density at radius 3 is 3.04 bits per heavy atom. The maximum absolute atomic E-state index is 6.05. The molecule has 0 aromatic carbocycles. The summed E-state index contributed by atoms with van der Waals surface area (Å²) in [6.45, 7) is 3.10. The molecule has 25 heavy (non-hydrogen) atoms. The van der Waals surface area contributed by atoms with E-state index in [1.165, 1.54) is 5.69 Å². The predicted octanol–water partition coefficient (Wildman–Crippen LogP) is 0.624. The third-order valence-electron chi connectivity index (χ3n) is 4.70. The van der Waals surface area contributed by atoms with Crippen molar-refractivity contribution in [3.8, 4) is 0 Å². The van der Waals surface area contributed by atoms with E-state index < -0.39 is 0 Å². The largest absolute Gasteiger partial charge is 0.374 e. The molecule has 0 amide bonds. The monoisotopic (exact) mass is 341 g/mol. The number of ether oxygens (including phenoxy) is 1. The van der Waals surface area contributed by atoms with E-state index in [0.29, 0.717) is 6.54 Å². The average Bonchev–Trinajstić information content (AvgIpc) is 3.21. The minimum Gasteiger partial charge on any atom is -0.374 e. The van der Waals surface area contributed by atoms with Gasteiger partial charge in [0.25, 0.3) is 0 Å². The van der Waals surface area contributed by atoms with Crippen molar-refractivity contribution in [3.63, 3.8) is 0 Å². The van der Waals surface area contributed by atoms with Gasteiger partial charge in [-0.2, -0.15) is 5.10 Å². The summed E-state index contributed by atoms with van der Waals surface area (Å²) >= 11 is 0. The van der Waals surface area contributed by atoms with Crippen LogP contribution in [0.25, 0.3) is 5.78 Å². The van der Waals surface area contributed by atoms with Crippen molar-refractivity contribution in [1.82, 2.24) is 34.4 Å². The lowest BCUT2D eigenvalue weighted by Crippen LogP contribution is -2.48. The second-order valence-electron chi connectivity index (χ2n) is 6.40. The van der Waals surface area contributed by atoms with Crippen molar-refractivity contribution in [2.24, 2.45) is 7.05 Å². The molecule has 0 radical (unpaired) electrons. The fourth-order valence-corrected chi connectivity index (χ4v) is 3.43. The second kappa shape index (κ2) is 6.91. The van der Waals surface area contributed by atoms with Gasteiger partial charge in [-0.25, -0.2) is 9.97 Å². The Balaban J connectivity index is 1.42. The second-order valence-corrected chi connectivity index (χ2v) is 6.40. The summed E-state index contributed by atoms with van der Waals surface area (Å²) in [5.74, 6) is 0.723. The molecule has 4 rings (SSSR count). The van der Waals surface area contributed by atoms with Crippen LogP contribution in [0.4, 0.5) is 0 Å². The maximum Gasteiger partial charge on any atom is 0.233 e. The van der Waals surface area contributed by atoms with Gasteiger partial charge in [-0.1, -0.05) is 0 Å². The van der Waals surface area contributed by atoms with E-state index in [9.17, 15) is 0 Å². The first kappa shape index (κ1) is 16.2. The highest BCUT2D eigenvalue weighted by atomic mass is 16.5. The van der Waals surface area contributed by atoms with Crippen LogP contribution in [0.5, 0.6) is 0 Å². The first-order chi connectivity index (χ1) is 12.2. The summed E-state index contributed by atoms with van der Waals surface area (Å²) in [5, 5.41) is 7.79. The smallest absolute Gasteiger partial charge is 0.233 e. The topological polar surface area (TPSA) is 72.5 Å². The summed E-state index contributed by atoms with van der Waals surface area (Å²) < 4.78 is 9.91. The van der Waals surface area contributed by atoms with Gasteiger partial charge < -0.3 is 10.1 Å². The highest BCUT2D eigenvalue weighted by molar-refractivity contribution is 5.29. The van der Waals surface area contributed by atoms with Crippen LogP contribution >= 0.6 is 0 Å². The number of nitrogens with one attached hydrogen (secondary N) is 1. The van der Waals surface area contributed by atoms with Crippen molar-refractivity contribution in [1.29, 1.82) is 0 Å². The van der Waals surface area contributed by atoms with Gasteiger partial charge in [-0.15, -0.1) is 0 Å². The van der Waals surface area contributed by atoms with Crippen molar-refractivity contribution in [2.75, 3.05) is 26.7 Å².